The van der Waals surface area contributed by atoms with Crippen LogP contribution in [0.15, 0.2) is 16.9 Å². The lowest BCUT2D eigenvalue weighted by atomic mass is 9.98. The number of piperidine rings is 1. The van der Waals surface area contributed by atoms with E-state index in [-0.39, 0.29) is 12.0 Å². The van der Waals surface area contributed by atoms with E-state index in [2.05, 4.69) is 20.0 Å². The Balaban J connectivity index is 1.44. The number of nitrogens with zero attached hydrogens (tertiary/aromatic N) is 5. The maximum absolute atomic E-state index is 6.06. The van der Waals surface area contributed by atoms with E-state index in [9.17, 15) is 0 Å². The molecule has 3 heterocycles. The van der Waals surface area contributed by atoms with Crippen molar-refractivity contribution >= 4 is 5.82 Å². The molecule has 2 fully saturated rings. The molecule has 1 atom stereocenters. The Morgan fingerprint density at radius 2 is 1.96 bits per heavy atom. The fourth-order valence-electron chi connectivity index (χ4n) is 3.77. The fourth-order valence-corrected chi connectivity index (χ4v) is 3.77. The van der Waals surface area contributed by atoms with Crippen LogP contribution < -0.4 is 9.64 Å². The summed E-state index contributed by atoms with van der Waals surface area (Å²) in [5.41, 5.74) is 0. The molecule has 0 unspecified atom stereocenters. The van der Waals surface area contributed by atoms with Gasteiger partial charge >= 0.3 is 0 Å². The molecular weight excluding hydrogens is 318 g/mol. The average Bonchev–Trinajstić information content (AvgIpc) is 3.09. The van der Waals surface area contributed by atoms with E-state index in [1.54, 1.807) is 6.20 Å². The Bertz CT molecular complexity index is 698. The van der Waals surface area contributed by atoms with E-state index >= 15 is 0 Å². The lowest BCUT2D eigenvalue weighted by molar-refractivity contribution is 0.148. The first kappa shape index (κ1) is 16.3. The van der Waals surface area contributed by atoms with Crippen LogP contribution >= 0.6 is 0 Å². The molecule has 2 aromatic rings. The van der Waals surface area contributed by atoms with Gasteiger partial charge in [-0.2, -0.15) is 9.97 Å². The molecule has 0 spiro atoms. The van der Waals surface area contributed by atoms with E-state index in [0.29, 0.717) is 11.7 Å². The average molecular weight is 343 g/mol. The first-order valence-electron chi connectivity index (χ1n) is 9.32. The molecule has 25 heavy (non-hydrogen) atoms. The number of ether oxygens (including phenoxy) is 1. The van der Waals surface area contributed by atoms with Crippen molar-refractivity contribution in [1.29, 1.82) is 0 Å². The first-order valence-corrected chi connectivity index (χ1v) is 9.32. The minimum absolute atomic E-state index is 0.250. The van der Waals surface area contributed by atoms with Gasteiger partial charge in [-0.25, -0.2) is 0 Å². The summed E-state index contributed by atoms with van der Waals surface area (Å²) in [7, 11) is 0. The molecule has 2 aliphatic rings. The molecule has 0 bridgehead atoms. The zero-order chi connectivity index (χ0) is 17.1. The predicted octanol–water partition coefficient (Wildman–Crippen LogP) is 3.26. The summed E-state index contributed by atoms with van der Waals surface area (Å²) in [5.74, 6) is 3.17. The number of aryl methyl sites for hydroxylation is 1. The molecule has 0 radical (unpaired) electrons. The highest BCUT2D eigenvalue weighted by atomic mass is 16.5. The molecule has 7 nitrogen and oxygen atoms in total. The second-order valence-electron chi connectivity index (χ2n) is 7.06. The first-order chi connectivity index (χ1) is 12.3. The van der Waals surface area contributed by atoms with Gasteiger partial charge in [0.15, 0.2) is 11.6 Å². The standard InChI is InChI=1S/C18H25N5O2/c1-13-20-18(25-22-13)14-6-5-9-23(12-14)16-10-19-11-17(21-16)24-15-7-3-2-4-8-15/h10-11,14-15H,2-9,12H2,1H3/t14-/m1/s1. The van der Waals surface area contributed by atoms with Crippen LogP contribution in [0, 0.1) is 6.92 Å². The van der Waals surface area contributed by atoms with E-state index < -0.39 is 0 Å². The van der Waals surface area contributed by atoms with Crippen molar-refractivity contribution in [2.75, 3.05) is 18.0 Å². The number of hydrogen-bond acceptors (Lipinski definition) is 7. The maximum atomic E-state index is 6.06. The van der Waals surface area contributed by atoms with Crippen LogP contribution in [0.4, 0.5) is 5.82 Å². The zero-order valence-electron chi connectivity index (χ0n) is 14.7. The minimum atomic E-state index is 0.250. The van der Waals surface area contributed by atoms with Crippen LogP contribution in [0.1, 0.15) is 62.6 Å². The van der Waals surface area contributed by atoms with Crippen molar-refractivity contribution in [3.63, 3.8) is 0 Å². The quantitative estimate of drug-likeness (QED) is 0.843. The Morgan fingerprint density at radius 1 is 1.08 bits per heavy atom. The number of aromatic nitrogens is 4. The number of hydrogen-bond donors (Lipinski definition) is 0. The van der Waals surface area contributed by atoms with E-state index in [4.69, 9.17) is 14.2 Å². The van der Waals surface area contributed by atoms with Gasteiger partial charge in [-0.15, -0.1) is 0 Å². The molecule has 0 amide bonds. The molecule has 1 saturated heterocycles. The molecule has 1 aliphatic heterocycles. The number of rotatable bonds is 4. The van der Waals surface area contributed by atoms with Crippen LogP contribution in [0.25, 0.3) is 0 Å². The molecule has 1 saturated carbocycles. The van der Waals surface area contributed by atoms with E-state index in [1.807, 2.05) is 13.1 Å². The molecule has 134 valence electrons. The van der Waals surface area contributed by atoms with Crippen LogP contribution in [-0.2, 0) is 0 Å². The smallest absolute Gasteiger partial charge is 0.234 e. The second-order valence-corrected chi connectivity index (χ2v) is 7.06. The second kappa shape index (κ2) is 7.37. The molecule has 0 aromatic carbocycles. The van der Waals surface area contributed by atoms with Crippen LogP contribution in [-0.4, -0.2) is 39.3 Å². The van der Waals surface area contributed by atoms with Gasteiger partial charge in [0.2, 0.25) is 11.8 Å². The molecule has 2 aromatic heterocycles. The summed E-state index contributed by atoms with van der Waals surface area (Å²) >= 11 is 0. The van der Waals surface area contributed by atoms with Gasteiger partial charge in [-0.05, 0) is 45.4 Å². The normalized spacial score (nSPS) is 22.1. The van der Waals surface area contributed by atoms with Crippen molar-refractivity contribution in [2.45, 2.75) is 63.9 Å². The summed E-state index contributed by atoms with van der Waals surface area (Å²) in [6, 6.07) is 0. The van der Waals surface area contributed by atoms with Gasteiger partial charge in [0.05, 0.1) is 18.3 Å². The van der Waals surface area contributed by atoms with Crippen LogP contribution in [0.2, 0.25) is 0 Å². The summed E-state index contributed by atoms with van der Waals surface area (Å²) in [6.07, 6.45) is 12.0. The number of anilines is 1. The largest absolute Gasteiger partial charge is 0.473 e. The monoisotopic (exact) mass is 343 g/mol. The van der Waals surface area contributed by atoms with Gasteiger partial charge in [0.25, 0.3) is 0 Å². The maximum Gasteiger partial charge on any atom is 0.234 e. The van der Waals surface area contributed by atoms with Crippen molar-refractivity contribution in [2.24, 2.45) is 0 Å². The molecular formula is C18H25N5O2. The summed E-state index contributed by atoms with van der Waals surface area (Å²) in [4.78, 5) is 15.7. The fraction of sp³-hybridized carbons (Fsp3) is 0.667. The van der Waals surface area contributed by atoms with Gasteiger partial charge in [-0.1, -0.05) is 11.6 Å². The zero-order valence-corrected chi connectivity index (χ0v) is 14.7. The van der Waals surface area contributed by atoms with Gasteiger partial charge in [0.1, 0.15) is 6.10 Å². The SMILES string of the molecule is Cc1noc([C@@H]2CCCN(c3cncc(OC4CCCCC4)n3)C2)n1. The van der Waals surface area contributed by atoms with Gasteiger partial charge in [-0.3, -0.25) is 4.98 Å². The molecule has 7 heteroatoms. The van der Waals surface area contributed by atoms with Crippen molar-refractivity contribution in [3.8, 4) is 5.88 Å². The van der Waals surface area contributed by atoms with E-state index in [1.165, 1.54) is 19.3 Å². The summed E-state index contributed by atoms with van der Waals surface area (Å²) in [5, 5.41) is 3.92. The van der Waals surface area contributed by atoms with Crippen molar-refractivity contribution in [1.82, 2.24) is 20.1 Å². The van der Waals surface area contributed by atoms with Gasteiger partial charge < -0.3 is 14.2 Å². The molecule has 1 aliphatic carbocycles. The highest BCUT2D eigenvalue weighted by molar-refractivity contribution is 5.38. The lowest BCUT2D eigenvalue weighted by Crippen LogP contribution is -2.35. The third-order valence-electron chi connectivity index (χ3n) is 5.08. The highest BCUT2D eigenvalue weighted by Gasteiger charge is 2.27. The Hall–Kier alpha value is -2.18. The third-order valence-corrected chi connectivity index (χ3v) is 5.08. The summed E-state index contributed by atoms with van der Waals surface area (Å²) in [6.45, 7) is 3.64. The Labute approximate surface area is 147 Å². The van der Waals surface area contributed by atoms with Crippen molar-refractivity contribution < 1.29 is 9.26 Å². The summed E-state index contributed by atoms with van der Waals surface area (Å²) < 4.78 is 11.4. The van der Waals surface area contributed by atoms with E-state index in [0.717, 1.165) is 50.5 Å². The lowest BCUT2D eigenvalue weighted by Gasteiger charge is -2.32. The predicted molar refractivity (Wildman–Crippen MR) is 92.8 cm³/mol. The third kappa shape index (κ3) is 3.91. The molecule has 0 N–H and O–H groups in total. The van der Waals surface area contributed by atoms with Crippen molar-refractivity contribution in [3.05, 3.63) is 24.1 Å². The Morgan fingerprint density at radius 3 is 2.76 bits per heavy atom. The van der Waals surface area contributed by atoms with Crippen LogP contribution in [0.3, 0.4) is 0 Å². The molecule has 4 rings (SSSR count). The van der Waals surface area contributed by atoms with Gasteiger partial charge in [0, 0.05) is 13.1 Å². The minimum Gasteiger partial charge on any atom is -0.473 e. The highest BCUT2D eigenvalue weighted by Crippen LogP contribution is 2.29. The van der Waals surface area contributed by atoms with Crippen LogP contribution in [0.5, 0.6) is 5.88 Å². The topological polar surface area (TPSA) is 77.2 Å². The Kier molecular flexibility index (Phi) is 4.81.